The van der Waals surface area contributed by atoms with Crippen LogP contribution >= 0.6 is 0 Å². The number of alkyl halides is 3. The zero-order chi connectivity index (χ0) is 13.5. The number of hydrogen-bond acceptors (Lipinski definition) is 2. The van der Waals surface area contributed by atoms with Gasteiger partial charge in [0.05, 0.1) is 16.6 Å². The summed E-state index contributed by atoms with van der Waals surface area (Å²) in [4.78, 5) is 15.3. The summed E-state index contributed by atoms with van der Waals surface area (Å²) in [7, 11) is 0. The van der Waals surface area contributed by atoms with Crippen molar-refractivity contribution in [2.24, 2.45) is 0 Å². The van der Waals surface area contributed by atoms with Crippen LogP contribution in [0.1, 0.15) is 30.0 Å². The van der Waals surface area contributed by atoms with Gasteiger partial charge in [-0.2, -0.15) is 13.2 Å². The molecule has 0 aliphatic rings. The summed E-state index contributed by atoms with van der Waals surface area (Å²) in [5, 5.41) is 0. The Kier molecular flexibility index (Phi) is 2.88. The van der Waals surface area contributed by atoms with Gasteiger partial charge in [-0.25, -0.2) is 4.98 Å². The lowest BCUT2D eigenvalue weighted by Crippen LogP contribution is -2.06. The summed E-state index contributed by atoms with van der Waals surface area (Å²) in [5.74, 6) is -0.0755. The monoisotopic (exact) mass is 256 g/mol. The molecule has 0 radical (unpaired) electrons. The highest BCUT2D eigenvalue weighted by atomic mass is 19.4. The van der Waals surface area contributed by atoms with Crippen molar-refractivity contribution in [3.63, 3.8) is 0 Å². The van der Waals surface area contributed by atoms with E-state index in [4.69, 9.17) is 0 Å². The average molecular weight is 256 g/mol. The Labute approximate surface area is 101 Å². The second kappa shape index (κ2) is 4.12. The van der Waals surface area contributed by atoms with E-state index in [1.54, 1.807) is 4.57 Å². The highest BCUT2D eigenvalue weighted by molar-refractivity contribution is 5.94. The van der Waals surface area contributed by atoms with E-state index >= 15 is 0 Å². The Balaban J connectivity index is 2.69. The largest absolute Gasteiger partial charge is 0.416 e. The number of fused-ring (bicyclic) bond motifs is 1. The fraction of sp³-hybridized carbons (Fsp3) is 0.333. The van der Waals surface area contributed by atoms with Crippen molar-refractivity contribution in [1.82, 2.24) is 9.55 Å². The third kappa shape index (κ3) is 1.98. The fourth-order valence-corrected chi connectivity index (χ4v) is 1.89. The molecule has 0 saturated carbocycles. The molecule has 6 heteroatoms. The summed E-state index contributed by atoms with van der Waals surface area (Å²) in [5.41, 5.74) is -0.0292. The van der Waals surface area contributed by atoms with Crippen molar-refractivity contribution in [2.45, 2.75) is 26.6 Å². The second-order valence-corrected chi connectivity index (χ2v) is 3.94. The fourth-order valence-electron chi connectivity index (χ4n) is 1.89. The normalized spacial score (nSPS) is 12.1. The Morgan fingerprint density at radius 3 is 2.56 bits per heavy atom. The van der Waals surface area contributed by atoms with Gasteiger partial charge in [0.2, 0.25) is 0 Å². The van der Waals surface area contributed by atoms with Crippen LogP contribution in [0.15, 0.2) is 18.2 Å². The second-order valence-electron chi connectivity index (χ2n) is 3.94. The molecule has 0 spiro atoms. The Hall–Kier alpha value is -1.85. The van der Waals surface area contributed by atoms with Gasteiger partial charge in [-0.15, -0.1) is 0 Å². The number of Topliss-reactive ketones (excluding diaryl/α,β-unsaturated/α-hetero) is 1. The Bertz CT molecular complexity index is 614. The molecule has 3 nitrogen and oxygen atoms in total. The van der Waals surface area contributed by atoms with Crippen LogP contribution in [0.4, 0.5) is 13.2 Å². The molecule has 1 heterocycles. The van der Waals surface area contributed by atoms with E-state index in [0.717, 1.165) is 12.1 Å². The van der Waals surface area contributed by atoms with E-state index in [-0.39, 0.29) is 17.1 Å². The standard InChI is InChI=1S/C12H11F3N2O/c1-3-17-10-5-4-8(12(13,14)15)6-9(10)16-11(17)7(2)18/h4-6H,3H2,1-2H3. The van der Waals surface area contributed by atoms with Crippen LogP contribution in [0, 0.1) is 0 Å². The van der Waals surface area contributed by atoms with E-state index in [2.05, 4.69) is 4.98 Å². The first kappa shape index (κ1) is 12.6. The van der Waals surface area contributed by atoms with Crippen molar-refractivity contribution < 1.29 is 18.0 Å². The van der Waals surface area contributed by atoms with Gasteiger partial charge in [-0.05, 0) is 25.1 Å². The van der Waals surface area contributed by atoms with Gasteiger partial charge < -0.3 is 4.57 Å². The number of nitrogens with zero attached hydrogens (tertiary/aromatic N) is 2. The quantitative estimate of drug-likeness (QED) is 0.773. The lowest BCUT2D eigenvalue weighted by molar-refractivity contribution is -0.137. The predicted octanol–water partition coefficient (Wildman–Crippen LogP) is 3.28. The van der Waals surface area contributed by atoms with E-state index in [9.17, 15) is 18.0 Å². The van der Waals surface area contributed by atoms with Gasteiger partial charge >= 0.3 is 6.18 Å². The minimum absolute atomic E-state index is 0.187. The van der Waals surface area contributed by atoms with Crippen LogP contribution < -0.4 is 0 Å². The first-order valence-corrected chi connectivity index (χ1v) is 5.43. The lowest BCUT2D eigenvalue weighted by atomic mass is 10.2. The highest BCUT2D eigenvalue weighted by Gasteiger charge is 2.31. The molecule has 96 valence electrons. The maximum absolute atomic E-state index is 12.6. The molecule has 0 fully saturated rings. The minimum Gasteiger partial charge on any atom is -0.322 e. The van der Waals surface area contributed by atoms with E-state index in [0.29, 0.717) is 12.1 Å². The highest BCUT2D eigenvalue weighted by Crippen LogP contribution is 2.31. The maximum Gasteiger partial charge on any atom is 0.416 e. The number of rotatable bonds is 2. The maximum atomic E-state index is 12.6. The molecule has 0 saturated heterocycles. The van der Waals surface area contributed by atoms with E-state index in [1.807, 2.05) is 6.92 Å². The lowest BCUT2D eigenvalue weighted by Gasteiger charge is -2.06. The van der Waals surface area contributed by atoms with Crippen molar-refractivity contribution >= 4 is 16.8 Å². The first-order valence-electron chi connectivity index (χ1n) is 5.43. The van der Waals surface area contributed by atoms with Gasteiger partial charge in [0.1, 0.15) is 0 Å². The molecule has 0 aliphatic carbocycles. The molecule has 18 heavy (non-hydrogen) atoms. The number of ketones is 1. The molecule has 2 aromatic rings. The van der Waals surface area contributed by atoms with E-state index < -0.39 is 11.7 Å². The number of carbonyl (C=O) groups is 1. The van der Waals surface area contributed by atoms with Crippen LogP contribution in [0.25, 0.3) is 11.0 Å². The predicted molar refractivity (Wildman–Crippen MR) is 60.4 cm³/mol. The smallest absolute Gasteiger partial charge is 0.322 e. The number of carbonyl (C=O) groups excluding carboxylic acids is 1. The summed E-state index contributed by atoms with van der Waals surface area (Å²) < 4.78 is 39.3. The van der Waals surface area contributed by atoms with Crippen LogP contribution in [0.3, 0.4) is 0 Å². The van der Waals surface area contributed by atoms with Crippen LogP contribution in [-0.2, 0) is 12.7 Å². The number of benzene rings is 1. The summed E-state index contributed by atoms with van der Waals surface area (Å²) in [6.07, 6.45) is -4.40. The third-order valence-corrected chi connectivity index (χ3v) is 2.71. The number of imidazole rings is 1. The van der Waals surface area contributed by atoms with Crippen molar-refractivity contribution in [1.29, 1.82) is 0 Å². The van der Waals surface area contributed by atoms with Crippen LogP contribution in [-0.4, -0.2) is 15.3 Å². The number of aryl methyl sites for hydroxylation is 1. The zero-order valence-electron chi connectivity index (χ0n) is 9.88. The molecule has 0 amide bonds. The minimum atomic E-state index is -4.40. The molecule has 0 bridgehead atoms. The SMILES string of the molecule is CCn1c(C(C)=O)nc2cc(C(F)(F)F)ccc21. The first-order chi connectivity index (χ1) is 8.34. The molecule has 0 atom stereocenters. The van der Waals surface area contributed by atoms with Crippen LogP contribution in [0.5, 0.6) is 0 Å². The zero-order valence-corrected chi connectivity index (χ0v) is 9.88. The summed E-state index contributed by atoms with van der Waals surface area (Å²) in [6.45, 7) is 3.64. The van der Waals surface area contributed by atoms with Gasteiger partial charge in [-0.1, -0.05) is 0 Å². The molecule has 0 aliphatic heterocycles. The van der Waals surface area contributed by atoms with Gasteiger partial charge in [-0.3, -0.25) is 4.79 Å². The number of aromatic nitrogens is 2. The number of halogens is 3. The van der Waals surface area contributed by atoms with Crippen LogP contribution in [0.2, 0.25) is 0 Å². The summed E-state index contributed by atoms with van der Waals surface area (Å²) in [6, 6.07) is 3.31. The average Bonchev–Trinajstić information content (AvgIpc) is 2.65. The summed E-state index contributed by atoms with van der Waals surface area (Å²) >= 11 is 0. The van der Waals surface area contributed by atoms with Crippen molar-refractivity contribution in [2.75, 3.05) is 0 Å². The Morgan fingerprint density at radius 2 is 2.06 bits per heavy atom. The molecule has 0 unspecified atom stereocenters. The molecule has 1 aromatic heterocycles. The van der Waals surface area contributed by atoms with Gasteiger partial charge in [0.15, 0.2) is 11.6 Å². The van der Waals surface area contributed by atoms with E-state index in [1.165, 1.54) is 13.0 Å². The third-order valence-electron chi connectivity index (χ3n) is 2.71. The molecule has 1 aromatic carbocycles. The molecule has 2 rings (SSSR count). The molecular weight excluding hydrogens is 245 g/mol. The van der Waals surface area contributed by atoms with Crippen molar-refractivity contribution in [3.05, 3.63) is 29.6 Å². The van der Waals surface area contributed by atoms with Crippen molar-refractivity contribution in [3.8, 4) is 0 Å². The topological polar surface area (TPSA) is 34.9 Å². The number of hydrogen-bond donors (Lipinski definition) is 0. The van der Waals surface area contributed by atoms with Gasteiger partial charge in [0.25, 0.3) is 0 Å². The molecular formula is C12H11F3N2O. The van der Waals surface area contributed by atoms with Gasteiger partial charge in [0, 0.05) is 13.5 Å². The molecule has 0 N–H and O–H groups in total. The Morgan fingerprint density at radius 1 is 1.39 bits per heavy atom.